The molecule has 3 heterocycles. The van der Waals surface area contributed by atoms with E-state index < -0.39 is 17.4 Å². The lowest BCUT2D eigenvalue weighted by Gasteiger charge is -2.36. The number of ether oxygens (including phenoxy) is 1. The highest BCUT2D eigenvalue weighted by Gasteiger charge is 2.46. The number of amides is 3. The molecule has 0 unspecified atom stereocenters. The maximum absolute atomic E-state index is 12.4. The van der Waals surface area contributed by atoms with Gasteiger partial charge in [0, 0.05) is 57.7 Å². The zero-order chi connectivity index (χ0) is 18.5. The van der Waals surface area contributed by atoms with Gasteiger partial charge >= 0.3 is 17.9 Å². The minimum Gasteiger partial charge on any atom is -0.441 e. The SMILES string of the molecule is CN1CC2(CCN(C(=O)C(=O)Nc3cc(C4CC4)n(C)n3)CC2)OC1=O. The second-order valence-electron chi connectivity index (χ2n) is 7.51. The fraction of sp³-hybridized carbons (Fsp3) is 0.647. The summed E-state index contributed by atoms with van der Waals surface area (Å²) in [4.78, 5) is 39.4. The van der Waals surface area contributed by atoms with Crippen LogP contribution in [0.25, 0.3) is 0 Å². The van der Waals surface area contributed by atoms with Crippen molar-refractivity contribution in [1.82, 2.24) is 19.6 Å². The lowest BCUT2D eigenvalue weighted by Crippen LogP contribution is -2.51. The minimum absolute atomic E-state index is 0.330. The Balaban J connectivity index is 1.34. The molecule has 140 valence electrons. The number of carbonyl (C=O) groups is 3. The molecule has 9 nitrogen and oxygen atoms in total. The van der Waals surface area contributed by atoms with Crippen molar-refractivity contribution in [3.8, 4) is 0 Å². The van der Waals surface area contributed by atoms with E-state index in [-0.39, 0.29) is 6.09 Å². The third-order valence-corrected chi connectivity index (χ3v) is 5.45. The number of nitrogens with zero attached hydrogens (tertiary/aromatic N) is 4. The smallest absolute Gasteiger partial charge is 0.410 e. The number of hydrogen-bond donors (Lipinski definition) is 1. The van der Waals surface area contributed by atoms with Gasteiger partial charge in [-0.05, 0) is 12.8 Å². The number of aryl methyl sites for hydroxylation is 1. The topological polar surface area (TPSA) is 96.8 Å². The predicted molar refractivity (Wildman–Crippen MR) is 91.5 cm³/mol. The van der Waals surface area contributed by atoms with E-state index in [0.717, 1.165) is 18.5 Å². The van der Waals surface area contributed by atoms with Crippen molar-refractivity contribution in [1.29, 1.82) is 0 Å². The van der Waals surface area contributed by atoms with Gasteiger partial charge in [0.2, 0.25) is 0 Å². The fourth-order valence-electron chi connectivity index (χ4n) is 3.79. The third kappa shape index (κ3) is 3.02. The van der Waals surface area contributed by atoms with Crippen molar-refractivity contribution < 1.29 is 19.1 Å². The Morgan fingerprint density at radius 1 is 1.27 bits per heavy atom. The summed E-state index contributed by atoms with van der Waals surface area (Å²) in [6, 6.07) is 1.84. The van der Waals surface area contributed by atoms with Gasteiger partial charge in [-0.3, -0.25) is 14.3 Å². The van der Waals surface area contributed by atoms with Crippen LogP contribution < -0.4 is 5.32 Å². The Morgan fingerprint density at radius 3 is 2.54 bits per heavy atom. The largest absolute Gasteiger partial charge is 0.441 e. The van der Waals surface area contributed by atoms with Crippen LogP contribution in [0.5, 0.6) is 0 Å². The molecule has 4 rings (SSSR count). The maximum atomic E-state index is 12.4. The van der Waals surface area contributed by atoms with Crippen molar-refractivity contribution >= 4 is 23.7 Å². The Bertz CT molecular complexity index is 761. The molecule has 1 aromatic heterocycles. The predicted octanol–water partition coefficient (Wildman–Crippen LogP) is 0.679. The minimum atomic E-state index is -0.679. The van der Waals surface area contributed by atoms with E-state index in [1.165, 1.54) is 4.90 Å². The number of piperidine rings is 1. The third-order valence-electron chi connectivity index (χ3n) is 5.45. The number of likely N-dealkylation sites (N-methyl/N-ethyl adjacent to an activating group) is 1. The molecular formula is C17H23N5O4. The molecule has 1 aliphatic carbocycles. The van der Waals surface area contributed by atoms with E-state index in [9.17, 15) is 14.4 Å². The van der Waals surface area contributed by atoms with Crippen molar-refractivity contribution in [2.75, 3.05) is 32.0 Å². The number of aromatic nitrogens is 2. The number of carbonyl (C=O) groups excluding carboxylic acids is 3. The lowest BCUT2D eigenvalue weighted by atomic mass is 9.91. The first kappa shape index (κ1) is 16.9. The normalized spacial score (nSPS) is 21.8. The summed E-state index contributed by atoms with van der Waals surface area (Å²) >= 11 is 0. The van der Waals surface area contributed by atoms with Gasteiger partial charge in [0.05, 0.1) is 6.54 Å². The van der Waals surface area contributed by atoms with Gasteiger partial charge in [0.25, 0.3) is 0 Å². The molecule has 3 fully saturated rings. The number of likely N-dealkylation sites (tertiary alicyclic amines) is 1. The van der Waals surface area contributed by atoms with E-state index in [1.54, 1.807) is 16.6 Å². The molecule has 9 heteroatoms. The zero-order valence-electron chi connectivity index (χ0n) is 15.0. The van der Waals surface area contributed by atoms with Crippen LogP contribution in [0.3, 0.4) is 0 Å². The van der Waals surface area contributed by atoms with Crippen LogP contribution in [0.4, 0.5) is 10.6 Å². The monoisotopic (exact) mass is 361 g/mol. The average molecular weight is 361 g/mol. The molecule has 1 spiro atoms. The fourth-order valence-corrected chi connectivity index (χ4v) is 3.79. The van der Waals surface area contributed by atoms with E-state index in [4.69, 9.17) is 4.74 Å². The Morgan fingerprint density at radius 2 is 1.96 bits per heavy atom. The quantitative estimate of drug-likeness (QED) is 0.782. The highest BCUT2D eigenvalue weighted by Crippen LogP contribution is 2.40. The standard InChI is InChI=1S/C17H23N5O4/c1-20-10-17(26-16(20)25)5-7-22(8-6-17)15(24)14(23)18-13-9-12(11-3-4-11)21(2)19-13/h9,11H,3-8,10H2,1-2H3,(H,18,19,23). The van der Waals surface area contributed by atoms with Crippen molar-refractivity contribution in [2.45, 2.75) is 37.2 Å². The Labute approximate surface area is 151 Å². The van der Waals surface area contributed by atoms with Crippen LogP contribution in [0, 0.1) is 0 Å². The molecule has 26 heavy (non-hydrogen) atoms. The van der Waals surface area contributed by atoms with Gasteiger partial charge in [0.15, 0.2) is 5.82 Å². The molecule has 3 amide bonds. The molecule has 0 aromatic carbocycles. The summed E-state index contributed by atoms with van der Waals surface area (Å²) in [5, 5.41) is 6.87. The molecule has 3 aliphatic rings. The van der Waals surface area contributed by atoms with Crippen molar-refractivity contribution in [3.05, 3.63) is 11.8 Å². The summed E-state index contributed by atoms with van der Waals surface area (Å²) in [5.74, 6) is -0.329. The van der Waals surface area contributed by atoms with Crippen molar-refractivity contribution in [2.24, 2.45) is 7.05 Å². The second kappa shape index (κ2) is 6.00. The van der Waals surface area contributed by atoms with Gasteiger partial charge in [-0.25, -0.2) is 4.79 Å². The van der Waals surface area contributed by atoms with Gasteiger partial charge in [-0.2, -0.15) is 5.10 Å². The van der Waals surface area contributed by atoms with E-state index in [0.29, 0.717) is 44.2 Å². The number of anilines is 1. The molecule has 0 atom stereocenters. The van der Waals surface area contributed by atoms with Crippen LogP contribution in [0.2, 0.25) is 0 Å². The van der Waals surface area contributed by atoms with Crippen LogP contribution in [0.15, 0.2) is 6.07 Å². The average Bonchev–Trinajstić information content (AvgIpc) is 3.32. The number of rotatable bonds is 2. The summed E-state index contributed by atoms with van der Waals surface area (Å²) < 4.78 is 7.22. The number of nitrogens with one attached hydrogen (secondary N) is 1. The van der Waals surface area contributed by atoms with Crippen LogP contribution >= 0.6 is 0 Å². The Kier molecular flexibility index (Phi) is 3.89. The maximum Gasteiger partial charge on any atom is 0.410 e. The van der Waals surface area contributed by atoms with Crippen LogP contribution in [0.1, 0.15) is 37.3 Å². The van der Waals surface area contributed by atoms with E-state index in [1.807, 2.05) is 13.1 Å². The van der Waals surface area contributed by atoms with Gasteiger partial charge in [-0.1, -0.05) is 0 Å². The van der Waals surface area contributed by atoms with Crippen molar-refractivity contribution in [3.63, 3.8) is 0 Å². The highest BCUT2D eigenvalue weighted by molar-refractivity contribution is 6.39. The molecule has 1 N–H and O–H groups in total. The molecule has 2 saturated heterocycles. The summed E-state index contributed by atoms with van der Waals surface area (Å²) in [5.41, 5.74) is 0.555. The molecule has 0 bridgehead atoms. The first-order valence-electron chi connectivity index (χ1n) is 8.95. The Hall–Kier alpha value is -2.58. The van der Waals surface area contributed by atoms with Gasteiger partial charge in [-0.15, -0.1) is 0 Å². The zero-order valence-corrected chi connectivity index (χ0v) is 15.0. The van der Waals surface area contributed by atoms with Crippen LogP contribution in [-0.4, -0.2) is 69.8 Å². The summed E-state index contributed by atoms with van der Waals surface area (Å²) in [6.07, 6.45) is 3.03. The summed E-state index contributed by atoms with van der Waals surface area (Å²) in [6.45, 7) is 1.31. The van der Waals surface area contributed by atoms with Gasteiger partial charge in [0.1, 0.15) is 5.60 Å². The first-order valence-corrected chi connectivity index (χ1v) is 8.95. The molecular weight excluding hydrogens is 338 g/mol. The van der Waals surface area contributed by atoms with Gasteiger partial charge < -0.3 is 19.9 Å². The second-order valence-corrected chi connectivity index (χ2v) is 7.51. The summed E-state index contributed by atoms with van der Waals surface area (Å²) in [7, 11) is 3.54. The van der Waals surface area contributed by atoms with E-state index >= 15 is 0 Å². The molecule has 0 radical (unpaired) electrons. The van der Waals surface area contributed by atoms with Crippen LogP contribution in [-0.2, 0) is 21.4 Å². The molecule has 1 saturated carbocycles. The molecule has 1 aromatic rings. The molecule has 2 aliphatic heterocycles. The first-order chi connectivity index (χ1) is 12.4. The van der Waals surface area contributed by atoms with E-state index in [2.05, 4.69) is 10.4 Å². The highest BCUT2D eigenvalue weighted by atomic mass is 16.6. The lowest BCUT2D eigenvalue weighted by molar-refractivity contribution is -0.145. The number of hydrogen-bond acceptors (Lipinski definition) is 5.